The molecular formula is C13H15N3O5. The number of nitro benzene ring substituents is 1. The number of hydrogen-bond acceptors (Lipinski definition) is 7. The van der Waals surface area contributed by atoms with E-state index in [-0.39, 0.29) is 17.7 Å². The van der Waals surface area contributed by atoms with Gasteiger partial charge in [-0.2, -0.15) is 4.98 Å². The predicted molar refractivity (Wildman–Crippen MR) is 75.0 cm³/mol. The Morgan fingerprint density at radius 2 is 2.33 bits per heavy atom. The summed E-state index contributed by atoms with van der Waals surface area (Å²) in [5.74, 6) is -0.243. The zero-order valence-corrected chi connectivity index (χ0v) is 11.5. The van der Waals surface area contributed by atoms with Gasteiger partial charge in [0.25, 0.3) is 11.7 Å². The van der Waals surface area contributed by atoms with Gasteiger partial charge in [0.15, 0.2) is 5.58 Å². The van der Waals surface area contributed by atoms with Crippen LogP contribution in [0.15, 0.2) is 22.6 Å². The fraction of sp³-hybridized carbons (Fsp3) is 0.385. The Balaban J connectivity index is 1.91. The molecular weight excluding hydrogens is 278 g/mol. The number of anilines is 1. The number of fused-ring (bicyclic) bond motifs is 1. The number of non-ortho nitro benzene ring substituents is 1. The second kappa shape index (κ2) is 6.69. The first-order chi connectivity index (χ1) is 10.1. The number of nitrogens with zero attached hydrogens (tertiary/aromatic N) is 2. The summed E-state index contributed by atoms with van der Waals surface area (Å²) in [4.78, 5) is 25.5. The molecule has 0 spiro atoms. The van der Waals surface area contributed by atoms with Crippen LogP contribution in [0.25, 0.3) is 11.1 Å². The first kappa shape index (κ1) is 14.8. The second-order valence-electron chi connectivity index (χ2n) is 4.26. The van der Waals surface area contributed by atoms with Gasteiger partial charge in [-0.3, -0.25) is 14.9 Å². The molecule has 0 atom stereocenters. The number of esters is 1. The van der Waals surface area contributed by atoms with Crippen LogP contribution in [0.3, 0.4) is 0 Å². The largest absolute Gasteiger partial charge is 0.466 e. The maximum Gasteiger partial charge on any atom is 0.305 e. The SMILES string of the molecule is CCOC(=O)CCCNc1nc2ccc([N+](=O)[O-])cc2o1. The molecule has 0 bridgehead atoms. The third kappa shape index (κ3) is 3.91. The lowest BCUT2D eigenvalue weighted by Gasteiger charge is -2.02. The number of nitrogens with one attached hydrogen (secondary N) is 1. The van der Waals surface area contributed by atoms with Crippen LogP contribution in [0.1, 0.15) is 19.8 Å². The van der Waals surface area contributed by atoms with Crippen molar-refractivity contribution in [1.82, 2.24) is 4.98 Å². The van der Waals surface area contributed by atoms with E-state index in [0.29, 0.717) is 37.1 Å². The molecule has 21 heavy (non-hydrogen) atoms. The van der Waals surface area contributed by atoms with E-state index in [4.69, 9.17) is 9.15 Å². The smallest absolute Gasteiger partial charge is 0.305 e. The van der Waals surface area contributed by atoms with Crippen LogP contribution in [0, 0.1) is 10.1 Å². The minimum atomic E-state index is -0.492. The highest BCUT2D eigenvalue weighted by molar-refractivity contribution is 5.77. The summed E-state index contributed by atoms with van der Waals surface area (Å²) in [5, 5.41) is 13.6. The Bertz CT molecular complexity index is 652. The number of carbonyl (C=O) groups is 1. The lowest BCUT2D eigenvalue weighted by atomic mass is 10.3. The molecule has 0 aliphatic rings. The van der Waals surface area contributed by atoms with Gasteiger partial charge in [0.1, 0.15) is 5.52 Å². The van der Waals surface area contributed by atoms with Gasteiger partial charge in [0, 0.05) is 19.0 Å². The van der Waals surface area contributed by atoms with Crippen molar-refractivity contribution in [1.29, 1.82) is 0 Å². The number of ether oxygens (including phenoxy) is 1. The fourth-order valence-electron chi connectivity index (χ4n) is 1.76. The molecule has 0 aliphatic heterocycles. The molecule has 1 aromatic heterocycles. The monoisotopic (exact) mass is 293 g/mol. The van der Waals surface area contributed by atoms with Gasteiger partial charge in [0.05, 0.1) is 17.6 Å². The Morgan fingerprint density at radius 3 is 3.05 bits per heavy atom. The predicted octanol–water partition coefficient (Wildman–Crippen LogP) is 2.49. The Kier molecular flexibility index (Phi) is 4.70. The van der Waals surface area contributed by atoms with E-state index in [2.05, 4.69) is 10.3 Å². The molecule has 1 N–H and O–H groups in total. The Labute approximate surface area is 120 Å². The molecule has 0 aliphatic carbocycles. The summed E-state index contributed by atoms with van der Waals surface area (Å²) in [6.45, 7) is 2.62. The standard InChI is InChI=1S/C13H15N3O5/c1-2-20-12(17)4-3-7-14-13-15-10-6-5-9(16(18)19)8-11(10)21-13/h5-6,8H,2-4,7H2,1H3,(H,14,15). The van der Waals surface area contributed by atoms with Crippen molar-refractivity contribution in [2.24, 2.45) is 0 Å². The molecule has 1 aromatic carbocycles. The van der Waals surface area contributed by atoms with E-state index >= 15 is 0 Å². The van der Waals surface area contributed by atoms with Crippen LogP contribution >= 0.6 is 0 Å². The van der Waals surface area contributed by atoms with Crippen molar-refractivity contribution in [3.63, 3.8) is 0 Å². The van der Waals surface area contributed by atoms with Gasteiger partial charge < -0.3 is 14.5 Å². The van der Waals surface area contributed by atoms with Crippen molar-refractivity contribution >= 4 is 28.8 Å². The zero-order valence-electron chi connectivity index (χ0n) is 11.5. The summed E-state index contributed by atoms with van der Waals surface area (Å²) >= 11 is 0. The minimum absolute atomic E-state index is 0.0486. The summed E-state index contributed by atoms with van der Waals surface area (Å²) in [6.07, 6.45) is 0.893. The third-order valence-corrected chi connectivity index (χ3v) is 2.72. The van der Waals surface area contributed by atoms with Crippen LogP contribution in [0.5, 0.6) is 0 Å². The molecule has 2 rings (SSSR count). The molecule has 0 radical (unpaired) electrons. The van der Waals surface area contributed by atoms with E-state index in [1.54, 1.807) is 6.92 Å². The number of hydrogen-bond donors (Lipinski definition) is 1. The molecule has 0 saturated heterocycles. The average molecular weight is 293 g/mol. The van der Waals surface area contributed by atoms with Gasteiger partial charge in [-0.1, -0.05) is 0 Å². The number of benzene rings is 1. The molecule has 8 nitrogen and oxygen atoms in total. The average Bonchev–Trinajstić information content (AvgIpc) is 2.85. The number of nitro groups is 1. The first-order valence-corrected chi connectivity index (χ1v) is 6.54. The van der Waals surface area contributed by atoms with Crippen LogP contribution in [0.4, 0.5) is 11.7 Å². The van der Waals surface area contributed by atoms with Gasteiger partial charge in [-0.05, 0) is 19.4 Å². The minimum Gasteiger partial charge on any atom is -0.466 e. The molecule has 0 saturated carbocycles. The molecule has 0 amide bonds. The van der Waals surface area contributed by atoms with E-state index in [0.717, 1.165) is 0 Å². The van der Waals surface area contributed by atoms with E-state index in [1.165, 1.54) is 18.2 Å². The van der Waals surface area contributed by atoms with Crippen molar-refractivity contribution < 1.29 is 18.9 Å². The summed E-state index contributed by atoms with van der Waals surface area (Å²) in [7, 11) is 0. The van der Waals surface area contributed by atoms with Gasteiger partial charge in [0.2, 0.25) is 0 Å². The molecule has 0 unspecified atom stereocenters. The lowest BCUT2D eigenvalue weighted by Crippen LogP contribution is -2.08. The van der Waals surface area contributed by atoms with Crippen molar-refractivity contribution in [3.8, 4) is 0 Å². The maximum absolute atomic E-state index is 11.1. The molecule has 2 aromatic rings. The number of carbonyl (C=O) groups excluding carboxylic acids is 1. The Morgan fingerprint density at radius 1 is 1.52 bits per heavy atom. The number of rotatable bonds is 7. The van der Waals surface area contributed by atoms with Crippen molar-refractivity contribution in [3.05, 3.63) is 28.3 Å². The summed E-state index contributed by atoms with van der Waals surface area (Å²) in [5.41, 5.74) is 0.832. The zero-order chi connectivity index (χ0) is 15.2. The normalized spacial score (nSPS) is 10.5. The molecule has 8 heteroatoms. The Hall–Kier alpha value is -2.64. The van der Waals surface area contributed by atoms with E-state index in [1.807, 2.05) is 0 Å². The van der Waals surface area contributed by atoms with E-state index in [9.17, 15) is 14.9 Å². The van der Waals surface area contributed by atoms with Gasteiger partial charge in [-0.15, -0.1) is 0 Å². The van der Waals surface area contributed by atoms with Crippen LogP contribution in [0.2, 0.25) is 0 Å². The topological polar surface area (TPSA) is 108 Å². The van der Waals surface area contributed by atoms with E-state index < -0.39 is 4.92 Å². The van der Waals surface area contributed by atoms with Gasteiger partial charge in [-0.25, -0.2) is 0 Å². The van der Waals surface area contributed by atoms with Crippen LogP contribution in [-0.4, -0.2) is 29.0 Å². The second-order valence-corrected chi connectivity index (χ2v) is 4.26. The lowest BCUT2D eigenvalue weighted by molar-refractivity contribution is -0.384. The highest BCUT2D eigenvalue weighted by Crippen LogP contribution is 2.23. The van der Waals surface area contributed by atoms with Crippen LogP contribution < -0.4 is 5.32 Å². The third-order valence-electron chi connectivity index (χ3n) is 2.72. The van der Waals surface area contributed by atoms with Crippen molar-refractivity contribution in [2.45, 2.75) is 19.8 Å². The molecule has 112 valence electrons. The fourth-order valence-corrected chi connectivity index (χ4v) is 1.76. The quantitative estimate of drug-likeness (QED) is 0.361. The molecule has 1 heterocycles. The maximum atomic E-state index is 11.1. The number of aromatic nitrogens is 1. The van der Waals surface area contributed by atoms with Crippen molar-refractivity contribution in [2.75, 3.05) is 18.5 Å². The molecule has 0 fully saturated rings. The van der Waals surface area contributed by atoms with Crippen LogP contribution in [-0.2, 0) is 9.53 Å². The summed E-state index contributed by atoms with van der Waals surface area (Å²) < 4.78 is 10.2. The van der Waals surface area contributed by atoms with Gasteiger partial charge >= 0.3 is 5.97 Å². The highest BCUT2D eigenvalue weighted by Gasteiger charge is 2.11. The highest BCUT2D eigenvalue weighted by atomic mass is 16.6. The number of oxazole rings is 1. The first-order valence-electron chi connectivity index (χ1n) is 6.54. The summed E-state index contributed by atoms with van der Waals surface area (Å²) in [6, 6.07) is 4.50.